The van der Waals surface area contributed by atoms with E-state index >= 15 is 0 Å². The van der Waals surface area contributed by atoms with Gasteiger partial charge >= 0.3 is 5.97 Å². The number of halogens is 1. The lowest BCUT2D eigenvalue weighted by atomic mass is 10.2. The SMILES string of the molecule is CC(C(=O)O)N1CCN(c2nc3cc(F)ccc3o2)CC1. The summed E-state index contributed by atoms with van der Waals surface area (Å²) in [4.78, 5) is 19.1. The Morgan fingerprint density at radius 3 is 2.76 bits per heavy atom. The van der Waals surface area contributed by atoms with E-state index in [0.717, 1.165) is 0 Å². The highest BCUT2D eigenvalue weighted by Crippen LogP contribution is 2.23. The zero-order valence-electron chi connectivity index (χ0n) is 11.6. The van der Waals surface area contributed by atoms with Gasteiger partial charge < -0.3 is 14.4 Å². The Kier molecular flexibility index (Phi) is 3.50. The van der Waals surface area contributed by atoms with Crippen LogP contribution in [-0.4, -0.2) is 53.2 Å². The average Bonchev–Trinajstić information content (AvgIpc) is 2.89. The first-order valence-corrected chi connectivity index (χ1v) is 6.82. The lowest BCUT2D eigenvalue weighted by molar-refractivity contribution is -0.142. The van der Waals surface area contributed by atoms with Gasteiger partial charge in [-0.1, -0.05) is 0 Å². The number of anilines is 1. The predicted octanol–water partition coefficient (Wildman–Crippen LogP) is 1.56. The normalized spacial score (nSPS) is 18.1. The van der Waals surface area contributed by atoms with Crippen LogP contribution in [0.5, 0.6) is 0 Å². The van der Waals surface area contributed by atoms with Gasteiger partial charge in [0.1, 0.15) is 17.4 Å². The van der Waals surface area contributed by atoms with Gasteiger partial charge in [-0.25, -0.2) is 4.39 Å². The largest absolute Gasteiger partial charge is 0.480 e. The van der Waals surface area contributed by atoms with E-state index in [1.54, 1.807) is 13.0 Å². The van der Waals surface area contributed by atoms with Gasteiger partial charge in [0.05, 0.1) is 0 Å². The topological polar surface area (TPSA) is 69.8 Å². The summed E-state index contributed by atoms with van der Waals surface area (Å²) in [6.07, 6.45) is 0. The highest BCUT2D eigenvalue weighted by atomic mass is 19.1. The van der Waals surface area contributed by atoms with Crippen LogP contribution in [0.3, 0.4) is 0 Å². The van der Waals surface area contributed by atoms with E-state index in [4.69, 9.17) is 9.52 Å². The van der Waals surface area contributed by atoms with E-state index in [1.165, 1.54) is 12.1 Å². The number of piperazine rings is 1. The molecule has 3 rings (SSSR count). The number of hydrogen-bond donors (Lipinski definition) is 1. The van der Waals surface area contributed by atoms with Crippen LogP contribution < -0.4 is 4.90 Å². The second-order valence-corrected chi connectivity index (χ2v) is 5.15. The molecule has 7 heteroatoms. The summed E-state index contributed by atoms with van der Waals surface area (Å²) in [5.41, 5.74) is 1.04. The Morgan fingerprint density at radius 2 is 2.10 bits per heavy atom. The number of carboxylic acid groups (broad SMARTS) is 1. The first kappa shape index (κ1) is 13.8. The fourth-order valence-electron chi connectivity index (χ4n) is 2.48. The summed E-state index contributed by atoms with van der Waals surface area (Å²) in [5.74, 6) is -1.16. The third kappa shape index (κ3) is 2.69. The molecule has 1 unspecified atom stereocenters. The Balaban J connectivity index is 1.72. The molecule has 1 fully saturated rings. The minimum absolute atomic E-state index is 0.345. The van der Waals surface area contributed by atoms with E-state index in [2.05, 4.69) is 4.98 Å². The molecular weight excluding hydrogens is 277 g/mol. The summed E-state index contributed by atoms with van der Waals surface area (Å²) >= 11 is 0. The first-order valence-electron chi connectivity index (χ1n) is 6.82. The van der Waals surface area contributed by atoms with Crippen molar-refractivity contribution in [1.82, 2.24) is 9.88 Å². The number of hydrogen-bond acceptors (Lipinski definition) is 5. The summed E-state index contributed by atoms with van der Waals surface area (Å²) in [6.45, 7) is 4.20. The lowest BCUT2D eigenvalue weighted by Crippen LogP contribution is -2.51. The fourth-order valence-corrected chi connectivity index (χ4v) is 2.48. The molecule has 1 aromatic heterocycles. The molecule has 1 atom stereocenters. The minimum Gasteiger partial charge on any atom is -0.480 e. The average molecular weight is 293 g/mol. The van der Waals surface area contributed by atoms with Gasteiger partial charge in [-0.3, -0.25) is 9.69 Å². The maximum Gasteiger partial charge on any atom is 0.320 e. The number of nitrogens with zero attached hydrogens (tertiary/aromatic N) is 3. The standard InChI is InChI=1S/C14H16FN3O3/c1-9(13(19)20)17-4-6-18(7-5-17)14-16-11-8-10(15)2-3-12(11)21-14/h2-3,8-9H,4-7H2,1H3,(H,19,20). The second-order valence-electron chi connectivity index (χ2n) is 5.15. The zero-order chi connectivity index (χ0) is 15.0. The van der Waals surface area contributed by atoms with Gasteiger partial charge in [-0.15, -0.1) is 0 Å². The summed E-state index contributed by atoms with van der Waals surface area (Å²) in [5, 5.41) is 9.02. The van der Waals surface area contributed by atoms with Crippen LogP contribution in [0.4, 0.5) is 10.4 Å². The second kappa shape index (κ2) is 5.33. The molecule has 6 nitrogen and oxygen atoms in total. The molecule has 0 bridgehead atoms. The molecule has 112 valence electrons. The van der Waals surface area contributed by atoms with Crippen LogP contribution in [-0.2, 0) is 4.79 Å². The molecule has 0 amide bonds. The van der Waals surface area contributed by atoms with Crippen molar-refractivity contribution < 1.29 is 18.7 Å². The van der Waals surface area contributed by atoms with Crippen molar-refractivity contribution in [3.63, 3.8) is 0 Å². The predicted molar refractivity (Wildman–Crippen MR) is 74.9 cm³/mol. The maximum atomic E-state index is 13.1. The molecule has 0 saturated carbocycles. The third-order valence-corrected chi connectivity index (χ3v) is 3.83. The van der Waals surface area contributed by atoms with E-state index in [-0.39, 0.29) is 5.82 Å². The highest BCUT2D eigenvalue weighted by molar-refractivity contribution is 5.74. The van der Waals surface area contributed by atoms with Gasteiger partial charge in [0.15, 0.2) is 5.58 Å². The number of oxazole rings is 1. The number of benzene rings is 1. The molecular formula is C14H16FN3O3. The van der Waals surface area contributed by atoms with Crippen LogP contribution >= 0.6 is 0 Å². The van der Waals surface area contributed by atoms with Crippen molar-refractivity contribution >= 4 is 23.1 Å². The van der Waals surface area contributed by atoms with Gasteiger partial charge in [0.25, 0.3) is 6.01 Å². The van der Waals surface area contributed by atoms with E-state index < -0.39 is 12.0 Å². The van der Waals surface area contributed by atoms with Crippen LogP contribution in [0, 0.1) is 5.82 Å². The molecule has 1 aliphatic heterocycles. The summed E-state index contributed by atoms with van der Waals surface area (Å²) in [6, 6.07) is 4.20. The van der Waals surface area contributed by atoms with Crippen LogP contribution in [0.1, 0.15) is 6.92 Å². The molecule has 0 aliphatic carbocycles. The van der Waals surface area contributed by atoms with Crippen molar-refractivity contribution in [2.75, 3.05) is 31.1 Å². The smallest absolute Gasteiger partial charge is 0.320 e. The lowest BCUT2D eigenvalue weighted by Gasteiger charge is -2.35. The number of fused-ring (bicyclic) bond motifs is 1. The maximum absolute atomic E-state index is 13.1. The quantitative estimate of drug-likeness (QED) is 0.926. The van der Waals surface area contributed by atoms with Crippen LogP contribution in [0.2, 0.25) is 0 Å². The summed E-state index contributed by atoms with van der Waals surface area (Å²) < 4.78 is 18.8. The molecule has 1 aromatic carbocycles. The molecule has 1 aliphatic rings. The van der Waals surface area contributed by atoms with Crippen LogP contribution in [0.15, 0.2) is 22.6 Å². The molecule has 0 spiro atoms. The highest BCUT2D eigenvalue weighted by Gasteiger charge is 2.27. The van der Waals surface area contributed by atoms with Gasteiger partial charge in [-0.05, 0) is 19.1 Å². The van der Waals surface area contributed by atoms with Crippen molar-refractivity contribution in [1.29, 1.82) is 0 Å². The van der Waals surface area contributed by atoms with Gasteiger partial charge in [-0.2, -0.15) is 4.98 Å². The van der Waals surface area contributed by atoms with E-state index in [9.17, 15) is 9.18 Å². The fraction of sp³-hybridized carbons (Fsp3) is 0.429. The summed E-state index contributed by atoms with van der Waals surface area (Å²) in [7, 11) is 0. The van der Waals surface area contributed by atoms with Gasteiger partial charge in [0.2, 0.25) is 0 Å². The van der Waals surface area contributed by atoms with Crippen molar-refractivity contribution in [2.45, 2.75) is 13.0 Å². The van der Waals surface area contributed by atoms with Crippen LogP contribution in [0.25, 0.3) is 11.1 Å². The third-order valence-electron chi connectivity index (χ3n) is 3.83. The molecule has 2 aromatic rings. The zero-order valence-corrected chi connectivity index (χ0v) is 11.6. The Labute approximate surface area is 120 Å². The number of aliphatic carboxylic acids is 1. The molecule has 21 heavy (non-hydrogen) atoms. The van der Waals surface area contributed by atoms with Crippen molar-refractivity contribution in [3.8, 4) is 0 Å². The molecule has 2 heterocycles. The molecule has 1 N–H and O–H groups in total. The van der Waals surface area contributed by atoms with E-state index in [1.807, 2.05) is 9.80 Å². The van der Waals surface area contributed by atoms with E-state index in [0.29, 0.717) is 43.3 Å². The number of rotatable bonds is 3. The molecule has 1 saturated heterocycles. The Hall–Kier alpha value is -2.15. The number of carboxylic acids is 1. The first-order chi connectivity index (χ1) is 10.0. The van der Waals surface area contributed by atoms with Crippen molar-refractivity contribution in [2.24, 2.45) is 0 Å². The Morgan fingerprint density at radius 1 is 1.38 bits per heavy atom. The van der Waals surface area contributed by atoms with Gasteiger partial charge in [0, 0.05) is 32.2 Å². The monoisotopic (exact) mass is 293 g/mol. The molecule has 0 radical (unpaired) electrons. The minimum atomic E-state index is -0.819. The van der Waals surface area contributed by atoms with Crippen molar-refractivity contribution in [3.05, 3.63) is 24.0 Å². The number of carbonyl (C=O) groups is 1. The Bertz CT molecular complexity index is 665. The number of aromatic nitrogens is 1.